The minimum absolute atomic E-state index is 0.381. The molecule has 1 aliphatic rings. The number of H-pyrrole nitrogens is 1. The van der Waals surface area contributed by atoms with Gasteiger partial charge >= 0.3 is 0 Å². The van der Waals surface area contributed by atoms with Crippen molar-refractivity contribution in [1.82, 2.24) is 10.2 Å². The van der Waals surface area contributed by atoms with Crippen LogP contribution in [0.2, 0.25) is 0 Å². The zero-order chi connectivity index (χ0) is 10.1. The summed E-state index contributed by atoms with van der Waals surface area (Å²) in [6.07, 6.45) is 2.15. The molecule has 4 heteroatoms. The highest BCUT2D eigenvalue weighted by Gasteiger charge is 2.19. The van der Waals surface area contributed by atoms with Crippen molar-refractivity contribution >= 4 is 5.82 Å². The Morgan fingerprint density at radius 1 is 1.36 bits per heavy atom. The van der Waals surface area contributed by atoms with Gasteiger partial charge in [0.25, 0.3) is 0 Å². The van der Waals surface area contributed by atoms with Crippen LogP contribution < -0.4 is 10.6 Å². The quantitative estimate of drug-likeness (QED) is 0.700. The van der Waals surface area contributed by atoms with Crippen molar-refractivity contribution in [3.8, 4) is 0 Å². The number of nitrogens with one attached hydrogen (secondary N) is 1. The smallest absolute Gasteiger partial charge is 0.153 e. The minimum Gasteiger partial charge on any atom is -0.355 e. The summed E-state index contributed by atoms with van der Waals surface area (Å²) in [6.45, 7) is 6.24. The van der Waals surface area contributed by atoms with Gasteiger partial charge in [0.2, 0.25) is 0 Å². The van der Waals surface area contributed by atoms with E-state index in [0.717, 1.165) is 37.4 Å². The summed E-state index contributed by atoms with van der Waals surface area (Å²) in [4.78, 5) is 2.32. The fourth-order valence-corrected chi connectivity index (χ4v) is 1.89. The Balaban J connectivity index is 2.12. The Morgan fingerprint density at radius 3 is 2.50 bits per heavy atom. The van der Waals surface area contributed by atoms with Crippen LogP contribution in [-0.2, 0) is 0 Å². The van der Waals surface area contributed by atoms with Crippen LogP contribution in [0.4, 0.5) is 5.82 Å². The minimum atomic E-state index is 0.381. The predicted octanol–water partition coefficient (Wildman–Crippen LogP) is 0.954. The van der Waals surface area contributed by atoms with Crippen LogP contribution in [0.1, 0.15) is 24.1 Å². The van der Waals surface area contributed by atoms with Crippen molar-refractivity contribution < 1.29 is 0 Å². The number of aromatic nitrogens is 2. The van der Waals surface area contributed by atoms with E-state index in [1.54, 1.807) is 0 Å². The van der Waals surface area contributed by atoms with Crippen LogP contribution in [0.5, 0.6) is 0 Å². The second-order valence-electron chi connectivity index (χ2n) is 4.12. The average Bonchev–Trinajstić information content (AvgIpc) is 2.50. The molecule has 0 amide bonds. The van der Waals surface area contributed by atoms with Gasteiger partial charge in [0.15, 0.2) is 5.82 Å². The summed E-state index contributed by atoms with van der Waals surface area (Å²) in [5, 5.41) is 7.35. The van der Waals surface area contributed by atoms with Gasteiger partial charge in [0.1, 0.15) is 0 Å². The van der Waals surface area contributed by atoms with Crippen LogP contribution in [0.3, 0.4) is 0 Å². The zero-order valence-electron chi connectivity index (χ0n) is 8.88. The van der Waals surface area contributed by atoms with Gasteiger partial charge in [-0.15, -0.1) is 0 Å². The van der Waals surface area contributed by atoms with Gasteiger partial charge in [-0.2, -0.15) is 5.10 Å². The molecule has 0 aliphatic carbocycles. The fourth-order valence-electron chi connectivity index (χ4n) is 1.89. The summed E-state index contributed by atoms with van der Waals surface area (Å²) in [7, 11) is 0. The molecule has 2 heterocycles. The number of hydrogen-bond donors (Lipinski definition) is 2. The molecule has 1 aromatic heterocycles. The monoisotopic (exact) mass is 194 g/mol. The number of aryl methyl sites for hydroxylation is 1. The number of piperidine rings is 1. The molecule has 3 N–H and O–H groups in total. The largest absolute Gasteiger partial charge is 0.355 e. The first-order valence-electron chi connectivity index (χ1n) is 5.20. The van der Waals surface area contributed by atoms with Crippen LogP contribution in [0, 0.1) is 13.8 Å². The number of anilines is 1. The van der Waals surface area contributed by atoms with Crippen molar-refractivity contribution in [2.75, 3.05) is 18.0 Å². The molecular formula is C10H18N4. The summed E-state index contributed by atoms with van der Waals surface area (Å²) in [5.41, 5.74) is 8.29. The number of nitrogens with zero attached hydrogens (tertiary/aromatic N) is 2. The highest BCUT2D eigenvalue weighted by Crippen LogP contribution is 2.22. The summed E-state index contributed by atoms with van der Waals surface area (Å²) < 4.78 is 0. The lowest BCUT2D eigenvalue weighted by Crippen LogP contribution is -2.40. The van der Waals surface area contributed by atoms with Gasteiger partial charge in [-0.05, 0) is 26.7 Å². The molecule has 0 radical (unpaired) electrons. The Morgan fingerprint density at radius 2 is 2.00 bits per heavy atom. The van der Waals surface area contributed by atoms with E-state index in [1.165, 1.54) is 5.56 Å². The molecule has 1 fully saturated rings. The number of nitrogens with two attached hydrogens (primary N) is 1. The molecule has 14 heavy (non-hydrogen) atoms. The SMILES string of the molecule is Cc1[nH]nc(N2CCC(N)CC2)c1C. The lowest BCUT2D eigenvalue weighted by Gasteiger charge is -2.30. The van der Waals surface area contributed by atoms with Crippen LogP contribution >= 0.6 is 0 Å². The fraction of sp³-hybridized carbons (Fsp3) is 0.700. The Hall–Kier alpha value is -1.03. The maximum Gasteiger partial charge on any atom is 0.153 e. The first kappa shape index (κ1) is 9.52. The second kappa shape index (κ2) is 3.61. The third kappa shape index (κ3) is 1.62. The lowest BCUT2D eigenvalue weighted by molar-refractivity contribution is 0.498. The van der Waals surface area contributed by atoms with Crippen LogP contribution in [0.25, 0.3) is 0 Å². The number of rotatable bonds is 1. The van der Waals surface area contributed by atoms with Gasteiger partial charge < -0.3 is 10.6 Å². The van der Waals surface area contributed by atoms with Crippen molar-refractivity contribution in [3.63, 3.8) is 0 Å². The zero-order valence-corrected chi connectivity index (χ0v) is 8.88. The predicted molar refractivity (Wildman–Crippen MR) is 57.5 cm³/mol. The molecule has 0 bridgehead atoms. The highest BCUT2D eigenvalue weighted by molar-refractivity contribution is 5.48. The van der Waals surface area contributed by atoms with Gasteiger partial charge in [0, 0.05) is 30.4 Å². The van der Waals surface area contributed by atoms with E-state index in [0.29, 0.717) is 6.04 Å². The lowest BCUT2D eigenvalue weighted by atomic mass is 10.1. The van der Waals surface area contributed by atoms with E-state index in [-0.39, 0.29) is 0 Å². The molecule has 1 aromatic rings. The molecular weight excluding hydrogens is 176 g/mol. The van der Waals surface area contributed by atoms with Crippen molar-refractivity contribution in [2.45, 2.75) is 32.7 Å². The van der Waals surface area contributed by atoms with Crippen molar-refractivity contribution in [1.29, 1.82) is 0 Å². The molecule has 0 unspecified atom stereocenters. The standard InChI is InChI=1S/C10H18N4/c1-7-8(2)12-13-10(7)14-5-3-9(11)4-6-14/h9H,3-6,11H2,1-2H3,(H,12,13). The van der Waals surface area contributed by atoms with E-state index >= 15 is 0 Å². The molecule has 1 saturated heterocycles. The van der Waals surface area contributed by atoms with E-state index in [4.69, 9.17) is 5.73 Å². The topological polar surface area (TPSA) is 57.9 Å². The maximum atomic E-state index is 5.86. The molecule has 2 rings (SSSR count). The van der Waals surface area contributed by atoms with Gasteiger partial charge in [-0.1, -0.05) is 0 Å². The van der Waals surface area contributed by atoms with E-state index in [2.05, 4.69) is 28.9 Å². The van der Waals surface area contributed by atoms with Crippen LogP contribution in [-0.4, -0.2) is 29.3 Å². The number of aromatic amines is 1. The highest BCUT2D eigenvalue weighted by atomic mass is 15.3. The molecule has 1 aliphatic heterocycles. The molecule has 4 nitrogen and oxygen atoms in total. The van der Waals surface area contributed by atoms with E-state index < -0.39 is 0 Å². The Labute approximate surface area is 84.5 Å². The number of hydrogen-bond acceptors (Lipinski definition) is 3. The molecule has 0 saturated carbocycles. The first-order chi connectivity index (χ1) is 6.68. The summed E-state index contributed by atoms with van der Waals surface area (Å²) in [5.74, 6) is 1.11. The van der Waals surface area contributed by atoms with E-state index in [1.807, 2.05) is 0 Å². The summed E-state index contributed by atoms with van der Waals surface area (Å²) in [6, 6.07) is 0.381. The first-order valence-corrected chi connectivity index (χ1v) is 5.20. The molecule has 78 valence electrons. The Kier molecular flexibility index (Phi) is 2.46. The van der Waals surface area contributed by atoms with Gasteiger partial charge in [-0.25, -0.2) is 0 Å². The third-order valence-corrected chi connectivity index (χ3v) is 3.07. The normalized spacial score (nSPS) is 18.9. The third-order valence-electron chi connectivity index (χ3n) is 3.07. The molecule has 0 aromatic carbocycles. The van der Waals surface area contributed by atoms with Gasteiger partial charge in [0.05, 0.1) is 0 Å². The molecule has 0 atom stereocenters. The molecule has 0 spiro atoms. The van der Waals surface area contributed by atoms with E-state index in [9.17, 15) is 0 Å². The Bertz CT molecular complexity index is 310. The average molecular weight is 194 g/mol. The summed E-state index contributed by atoms with van der Waals surface area (Å²) >= 11 is 0. The van der Waals surface area contributed by atoms with Gasteiger partial charge in [-0.3, -0.25) is 5.10 Å². The van der Waals surface area contributed by atoms with Crippen LogP contribution in [0.15, 0.2) is 0 Å². The maximum absolute atomic E-state index is 5.86. The second-order valence-corrected chi connectivity index (χ2v) is 4.12. The van der Waals surface area contributed by atoms with Crippen molar-refractivity contribution in [3.05, 3.63) is 11.3 Å². The van der Waals surface area contributed by atoms with Crippen molar-refractivity contribution in [2.24, 2.45) is 5.73 Å².